The zero-order valence-corrected chi connectivity index (χ0v) is 15.0. The lowest BCUT2D eigenvalue weighted by Crippen LogP contribution is -2.53. The number of hydrogen-bond donors (Lipinski definition) is 2. The fourth-order valence-corrected chi connectivity index (χ4v) is 4.69. The molecule has 6 nitrogen and oxygen atoms in total. The van der Waals surface area contributed by atoms with Crippen LogP contribution >= 0.6 is 0 Å². The average Bonchev–Trinajstić information content (AvgIpc) is 2.97. The van der Waals surface area contributed by atoms with E-state index in [1.165, 1.54) is 18.4 Å². The average molecular weight is 363 g/mol. The largest absolute Gasteiger partial charge is 0.310 e. The van der Waals surface area contributed by atoms with Gasteiger partial charge >= 0.3 is 0 Å². The van der Waals surface area contributed by atoms with E-state index in [0.29, 0.717) is 18.0 Å². The summed E-state index contributed by atoms with van der Waals surface area (Å²) in [6.45, 7) is 1.01. The van der Waals surface area contributed by atoms with Crippen LogP contribution in [0.15, 0.2) is 30.3 Å². The number of carbonyl (C=O) groups is 3. The lowest BCUT2D eigenvalue weighted by Gasteiger charge is -2.30. The third-order valence-corrected chi connectivity index (χ3v) is 5.97. The van der Waals surface area contributed by atoms with Gasteiger partial charge in [0.25, 0.3) is 5.91 Å². The Morgan fingerprint density at radius 1 is 1.00 bits per heavy atom. The van der Waals surface area contributed by atoms with Gasteiger partial charge in [0, 0.05) is 23.4 Å². The van der Waals surface area contributed by atoms with Crippen molar-refractivity contribution in [2.45, 2.75) is 44.2 Å². The summed E-state index contributed by atoms with van der Waals surface area (Å²) in [7, 11) is 0. The van der Waals surface area contributed by atoms with Crippen molar-refractivity contribution in [1.29, 1.82) is 0 Å². The second-order valence-corrected chi connectivity index (χ2v) is 7.55. The Morgan fingerprint density at radius 2 is 1.89 bits per heavy atom. The molecule has 3 aliphatic rings. The Labute approximate surface area is 156 Å². The van der Waals surface area contributed by atoms with Gasteiger partial charge in [0.05, 0.1) is 5.69 Å². The Morgan fingerprint density at radius 3 is 2.67 bits per heavy atom. The molecule has 6 heteroatoms. The number of imide groups is 1. The first-order valence-corrected chi connectivity index (χ1v) is 9.61. The summed E-state index contributed by atoms with van der Waals surface area (Å²) in [5, 5.41) is 7.96. The molecule has 27 heavy (non-hydrogen) atoms. The molecule has 2 aromatic carbocycles. The van der Waals surface area contributed by atoms with Crippen molar-refractivity contribution in [3.63, 3.8) is 0 Å². The van der Waals surface area contributed by atoms with Gasteiger partial charge in [0.1, 0.15) is 6.04 Å². The molecule has 3 heterocycles. The van der Waals surface area contributed by atoms with Crippen LogP contribution in [0.4, 0.5) is 5.69 Å². The Bertz CT molecular complexity index is 978. The van der Waals surface area contributed by atoms with E-state index in [1.54, 1.807) is 4.90 Å². The number of anilines is 1. The van der Waals surface area contributed by atoms with E-state index in [1.807, 2.05) is 18.2 Å². The summed E-state index contributed by atoms with van der Waals surface area (Å²) in [4.78, 5) is 38.6. The van der Waals surface area contributed by atoms with Gasteiger partial charge in [0.2, 0.25) is 11.8 Å². The lowest BCUT2D eigenvalue weighted by atomic mass is 9.91. The molecule has 0 spiro atoms. The van der Waals surface area contributed by atoms with Gasteiger partial charge in [-0.05, 0) is 48.9 Å². The molecule has 0 aliphatic carbocycles. The van der Waals surface area contributed by atoms with Gasteiger partial charge < -0.3 is 5.32 Å². The van der Waals surface area contributed by atoms with Crippen LogP contribution < -0.4 is 15.5 Å². The third-order valence-electron chi connectivity index (χ3n) is 5.97. The highest BCUT2D eigenvalue weighted by atomic mass is 16.2. The van der Waals surface area contributed by atoms with Gasteiger partial charge in [-0.2, -0.15) is 0 Å². The predicted molar refractivity (Wildman–Crippen MR) is 102 cm³/mol. The van der Waals surface area contributed by atoms with Crippen molar-refractivity contribution in [2.75, 3.05) is 11.4 Å². The van der Waals surface area contributed by atoms with Crippen molar-refractivity contribution in [2.24, 2.45) is 0 Å². The summed E-state index contributed by atoms with van der Waals surface area (Å²) in [6.07, 6.45) is 4.09. The molecule has 5 rings (SSSR count). The monoisotopic (exact) mass is 363 g/mol. The first kappa shape index (κ1) is 16.4. The highest BCUT2D eigenvalue weighted by molar-refractivity contribution is 6.27. The Hall–Kier alpha value is -2.73. The summed E-state index contributed by atoms with van der Waals surface area (Å²) < 4.78 is 0. The SMILES string of the molecule is O=C1CCC(N2C(=O)c3ccc(C4CCCCN4)c4cccc2c34)C(=O)N1. The quantitative estimate of drug-likeness (QED) is 0.804. The maximum atomic E-state index is 13.1. The highest BCUT2D eigenvalue weighted by Crippen LogP contribution is 2.42. The van der Waals surface area contributed by atoms with Gasteiger partial charge in [-0.15, -0.1) is 0 Å². The maximum absolute atomic E-state index is 13.1. The number of piperidine rings is 2. The smallest absolute Gasteiger partial charge is 0.259 e. The molecule has 0 saturated carbocycles. The lowest BCUT2D eigenvalue weighted by molar-refractivity contribution is -0.134. The van der Waals surface area contributed by atoms with Crippen LogP contribution in [-0.2, 0) is 9.59 Å². The van der Waals surface area contributed by atoms with Crippen molar-refractivity contribution in [3.05, 3.63) is 41.5 Å². The van der Waals surface area contributed by atoms with Gasteiger partial charge in [-0.3, -0.25) is 24.6 Å². The second kappa shape index (κ2) is 6.16. The molecule has 2 unspecified atom stereocenters. The number of hydrogen-bond acceptors (Lipinski definition) is 4. The van der Waals surface area contributed by atoms with E-state index in [4.69, 9.17) is 0 Å². The molecular weight excluding hydrogens is 342 g/mol. The molecule has 2 aromatic rings. The van der Waals surface area contributed by atoms with Crippen molar-refractivity contribution < 1.29 is 14.4 Å². The van der Waals surface area contributed by atoms with Gasteiger partial charge in [0.15, 0.2) is 0 Å². The van der Waals surface area contributed by atoms with Gasteiger partial charge in [-0.25, -0.2) is 0 Å². The number of nitrogens with zero attached hydrogens (tertiary/aromatic N) is 1. The first-order chi connectivity index (χ1) is 13.1. The molecule has 3 aliphatic heterocycles. The molecule has 3 amide bonds. The molecule has 2 atom stereocenters. The molecule has 0 bridgehead atoms. The predicted octanol–water partition coefficient (Wildman–Crippen LogP) is 2.42. The zero-order chi connectivity index (χ0) is 18.5. The fraction of sp³-hybridized carbons (Fsp3) is 0.381. The van der Waals surface area contributed by atoms with Crippen LogP contribution in [0.3, 0.4) is 0 Å². The molecule has 0 radical (unpaired) electrons. The number of nitrogens with one attached hydrogen (secondary N) is 2. The first-order valence-electron chi connectivity index (χ1n) is 9.61. The number of carbonyl (C=O) groups excluding carboxylic acids is 3. The van der Waals surface area contributed by atoms with Crippen LogP contribution in [-0.4, -0.2) is 30.3 Å². The van der Waals surface area contributed by atoms with E-state index >= 15 is 0 Å². The third kappa shape index (κ3) is 2.47. The van der Waals surface area contributed by atoms with Gasteiger partial charge in [-0.1, -0.05) is 24.6 Å². The van der Waals surface area contributed by atoms with E-state index in [9.17, 15) is 14.4 Å². The minimum absolute atomic E-state index is 0.154. The second-order valence-electron chi connectivity index (χ2n) is 7.55. The molecule has 2 fully saturated rings. The van der Waals surface area contributed by atoms with E-state index in [2.05, 4.69) is 22.8 Å². The fourth-order valence-electron chi connectivity index (χ4n) is 4.69. The topological polar surface area (TPSA) is 78.5 Å². The maximum Gasteiger partial charge on any atom is 0.259 e. The summed E-state index contributed by atoms with van der Waals surface area (Å²) in [5.74, 6) is -0.818. The van der Waals surface area contributed by atoms with Crippen molar-refractivity contribution in [3.8, 4) is 0 Å². The highest BCUT2D eigenvalue weighted by Gasteiger charge is 2.41. The summed E-state index contributed by atoms with van der Waals surface area (Å²) >= 11 is 0. The van der Waals surface area contributed by atoms with Crippen LogP contribution in [0.5, 0.6) is 0 Å². The number of benzene rings is 2. The van der Waals surface area contributed by atoms with Crippen LogP contribution in [0, 0.1) is 0 Å². The standard InChI is InChI=1S/C21H21N3O3/c25-18-10-9-17(20(26)23-18)24-16-6-3-4-13-12(15-5-1-2-11-22-15)7-8-14(19(13)16)21(24)27/h3-4,6-8,15,17,22H,1-2,5,9-11H2,(H,23,25,26). The Balaban J connectivity index is 1.62. The number of amides is 3. The van der Waals surface area contributed by atoms with Crippen LogP contribution in [0.2, 0.25) is 0 Å². The van der Waals surface area contributed by atoms with Crippen molar-refractivity contribution >= 4 is 34.2 Å². The minimum atomic E-state index is -0.635. The molecule has 0 aromatic heterocycles. The molecular formula is C21H21N3O3. The summed E-state index contributed by atoms with van der Waals surface area (Å²) in [5.41, 5.74) is 2.64. The van der Waals surface area contributed by atoms with E-state index in [0.717, 1.165) is 29.4 Å². The van der Waals surface area contributed by atoms with Crippen molar-refractivity contribution in [1.82, 2.24) is 10.6 Å². The van der Waals surface area contributed by atoms with Crippen LogP contribution in [0.25, 0.3) is 10.8 Å². The summed E-state index contributed by atoms with van der Waals surface area (Å²) in [6, 6.07) is 9.52. The Kier molecular flexibility index (Phi) is 3.75. The number of rotatable bonds is 2. The molecule has 2 saturated heterocycles. The van der Waals surface area contributed by atoms with E-state index < -0.39 is 11.9 Å². The molecule has 138 valence electrons. The molecule has 2 N–H and O–H groups in total. The normalized spacial score (nSPS) is 25.2. The zero-order valence-electron chi connectivity index (χ0n) is 15.0. The van der Waals surface area contributed by atoms with Crippen LogP contribution in [0.1, 0.15) is 54.1 Å². The minimum Gasteiger partial charge on any atom is -0.310 e. The van der Waals surface area contributed by atoms with E-state index in [-0.39, 0.29) is 18.2 Å².